The number of hydrogen-bond donors (Lipinski definition) is 1. The zero-order valence-electron chi connectivity index (χ0n) is 21.2. The molecular weight excluding hydrogens is 504 g/mol. The number of benzene rings is 2. The van der Waals surface area contributed by atoms with Gasteiger partial charge in [0.1, 0.15) is 0 Å². The Labute approximate surface area is 212 Å². The summed E-state index contributed by atoms with van der Waals surface area (Å²) >= 11 is 0. The number of amides is 1. The maximum Gasteiger partial charge on any atom is 0.345 e. The minimum Gasteiger partial charge on any atom is -0.322 e. The van der Waals surface area contributed by atoms with Crippen molar-refractivity contribution in [2.75, 3.05) is 31.7 Å². The molecule has 36 heavy (non-hydrogen) atoms. The molecule has 2 aromatic rings. The number of carbonyl (C=O) groups excluding carboxylic acids is 2. The number of Topliss-reactive ketones (excluding diaryl/α,β-unsaturated/α-hetero) is 1. The van der Waals surface area contributed by atoms with Gasteiger partial charge >= 0.3 is 15.2 Å². The summed E-state index contributed by atoms with van der Waals surface area (Å²) in [6.07, 6.45) is -0.172. The SMILES string of the molecule is CCOP(=O)(OCC)C(CCC(=O)c1ccc(NC(=O)c2ccccc2)cc1)P(=O)(OCC)OCC. The molecular formula is C25H35NO8P2. The Morgan fingerprint density at radius 3 is 1.64 bits per heavy atom. The lowest BCUT2D eigenvalue weighted by atomic mass is 10.1. The maximum absolute atomic E-state index is 13.6. The third kappa shape index (κ3) is 8.20. The molecule has 0 bridgehead atoms. The molecule has 0 unspecified atom stereocenters. The number of ketones is 1. The first-order chi connectivity index (χ1) is 17.2. The highest BCUT2D eigenvalue weighted by Gasteiger charge is 2.50. The summed E-state index contributed by atoms with van der Waals surface area (Å²) in [5, 5.41) is 1.53. The van der Waals surface area contributed by atoms with Crippen molar-refractivity contribution in [3.63, 3.8) is 0 Å². The van der Waals surface area contributed by atoms with Crippen molar-refractivity contribution in [1.82, 2.24) is 0 Å². The fraction of sp³-hybridized carbons (Fsp3) is 0.440. The van der Waals surface area contributed by atoms with E-state index < -0.39 is 20.6 Å². The van der Waals surface area contributed by atoms with Gasteiger partial charge in [-0.2, -0.15) is 0 Å². The molecule has 11 heteroatoms. The van der Waals surface area contributed by atoms with E-state index in [1.165, 1.54) is 0 Å². The molecule has 2 rings (SSSR count). The Morgan fingerprint density at radius 2 is 1.19 bits per heavy atom. The molecule has 0 heterocycles. The van der Waals surface area contributed by atoms with Crippen molar-refractivity contribution in [3.05, 3.63) is 65.7 Å². The van der Waals surface area contributed by atoms with Crippen molar-refractivity contribution in [3.8, 4) is 0 Å². The third-order valence-corrected chi connectivity index (χ3v) is 11.2. The lowest BCUT2D eigenvalue weighted by Gasteiger charge is -2.31. The lowest BCUT2D eigenvalue weighted by molar-refractivity contribution is 0.0978. The Morgan fingerprint density at radius 1 is 0.722 bits per heavy atom. The van der Waals surface area contributed by atoms with Crippen LogP contribution in [-0.2, 0) is 27.2 Å². The molecule has 198 valence electrons. The van der Waals surface area contributed by atoms with Crippen LogP contribution in [0.5, 0.6) is 0 Å². The minimum absolute atomic E-state index is 0.0656. The quantitative estimate of drug-likeness (QED) is 0.184. The average molecular weight is 540 g/mol. The first kappa shape index (κ1) is 30.1. The molecule has 2 aromatic carbocycles. The summed E-state index contributed by atoms with van der Waals surface area (Å²) < 4.78 is 49.0. The Balaban J connectivity index is 2.18. The second kappa shape index (κ2) is 14.6. The number of anilines is 1. The molecule has 0 spiro atoms. The van der Waals surface area contributed by atoms with E-state index in [0.717, 1.165) is 0 Å². The second-order valence-electron chi connectivity index (χ2n) is 7.59. The maximum atomic E-state index is 13.6. The highest BCUT2D eigenvalue weighted by molar-refractivity contribution is 7.72. The van der Waals surface area contributed by atoms with Gasteiger partial charge in [0.25, 0.3) is 5.91 Å². The summed E-state index contributed by atoms with van der Waals surface area (Å²) in [5.74, 6) is -0.525. The van der Waals surface area contributed by atoms with Gasteiger partial charge in [-0.05, 0) is 70.5 Å². The largest absolute Gasteiger partial charge is 0.345 e. The van der Waals surface area contributed by atoms with Gasteiger partial charge in [0.05, 0.1) is 26.4 Å². The van der Waals surface area contributed by atoms with Crippen LogP contribution in [0.2, 0.25) is 0 Å². The van der Waals surface area contributed by atoms with Crippen molar-refractivity contribution in [2.24, 2.45) is 0 Å². The standard InChI is InChI=1S/C25H35NO8P2/c1-5-31-35(29,32-6-2)24(36(30,33-7-3)34-8-4)19-18-23(27)20-14-16-22(17-15-20)26-25(28)21-12-10-9-11-13-21/h9-17,24H,5-8,18-19H2,1-4H3,(H,26,28). The first-order valence-corrected chi connectivity index (χ1v) is 15.2. The van der Waals surface area contributed by atoms with Gasteiger partial charge < -0.3 is 23.4 Å². The minimum atomic E-state index is -3.92. The highest BCUT2D eigenvalue weighted by atomic mass is 31.2. The van der Waals surface area contributed by atoms with Crippen molar-refractivity contribution >= 4 is 32.6 Å². The predicted octanol–water partition coefficient (Wildman–Crippen LogP) is 6.76. The number of rotatable bonds is 16. The second-order valence-corrected chi connectivity index (χ2v) is 12.4. The van der Waals surface area contributed by atoms with Crippen LogP contribution in [0.25, 0.3) is 0 Å². The lowest BCUT2D eigenvalue weighted by Crippen LogP contribution is -2.19. The van der Waals surface area contributed by atoms with Gasteiger partial charge in [-0.1, -0.05) is 18.2 Å². The van der Waals surface area contributed by atoms with Gasteiger partial charge in [-0.15, -0.1) is 0 Å². The summed E-state index contributed by atoms with van der Waals surface area (Å²) in [6, 6.07) is 15.2. The summed E-state index contributed by atoms with van der Waals surface area (Å²) in [5.41, 5.74) is 1.44. The Kier molecular flexibility index (Phi) is 12.2. The van der Waals surface area contributed by atoms with Gasteiger partial charge in [0, 0.05) is 23.2 Å². The van der Waals surface area contributed by atoms with E-state index in [0.29, 0.717) is 16.8 Å². The molecule has 0 aliphatic heterocycles. The Hall–Kier alpha value is -2.12. The molecule has 0 saturated carbocycles. The van der Waals surface area contributed by atoms with Crippen LogP contribution in [0.4, 0.5) is 5.69 Å². The van der Waals surface area contributed by atoms with Crippen LogP contribution < -0.4 is 5.32 Å². The van der Waals surface area contributed by atoms with E-state index in [1.54, 1.807) is 76.2 Å². The molecule has 1 N–H and O–H groups in total. The van der Waals surface area contributed by atoms with Gasteiger partial charge in [-0.25, -0.2) is 0 Å². The number of hydrogen-bond acceptors (Lipinski definition) is 8. The van der Waals surface area contributed by atoms with Crippen molar-refractivity contribution < 1.29 is 36.8 Å². The molecule has 0 aliphatic rings. The molecule has 0 saturated heterocycles. The van der Waals surface area contributed by atoms with Gasteiger partial charge in [0.15, 0.2) is 11.2 Å². The first-order valence-electron chi connectivity index (χ1n) is 12.0. The van der Waals surface area contributed by atoms with Crippen LogP contribution in [0.15, 0.2) is 54.6 Å². The van der Waals surface area contributed by atoms with Crippen molar-refractivity contribution in [1.29, 1.82) is 0 Å². The van der Waals surface area contributed by atoms with Crippen LogP contribution in [0, 0.1) is 0 Å². The summed E-state index contributed by atoms with van der Waals surface area (Å²) in [6.45, 7) is 6.87. The van der Waals surface area contributed by atoms with Gasteiger partial charge in [-0.3, -0.25) is 18.7 Å². The van der Waals surface area contributed by atoms with E-state index in [9.17, 15) is 18.7 Å². The third-order valence-electron chi connectivity index (χ3n) is 5.10. The Bertz CT molecular complexity index is 1030. The topological polar surface area (TPSA) is 117 Å². The van der Waals surface area contributed by atoms with Crippen LogP contribution in [0.3, 0.4) is 0 Å². The van der Waals surface area contributed by atoms with Crippen molar-refractivity contribution in [2.45, 2.75) is 45.9 Å². The summed E-state index contributed by atoms with van der Waals surface area (Å²) in [4.78, 5) is 25.3. The van der Waals surface area contributed by atoms with Crippen LogP contribution in [0.1, 0.15) is 61.3 Å². The predicted molar refractivity (Wildman–Crippen MR) is 140 cm³/mol. The molecule has 0 radical (unpaired) electrons. The zero-order valence-corrected chi connectivity index (χ0v) is 23.0. The average Bonchev–Trinajstić information content (AvgIpc) is 2.85. The molecule has 0 aliphatic carbocycles. The fourth-order valence-electron chi connectivity index (χ4n) is 3.56. The van der Waals surface area contributed by atoms with Gasteiger partial charge in [0.2, 0.25) is 0 Å². The molecule has 1 amide bonds. The normalized spacial score (nSPS) is 12.0. The van der Waals surface area contributed by atoms with E-state index in [-0.39, 0.29) is 51.0 Å². The van der Waals surface area contributed by atoms with Crippen LogP contribution >= 0.6 is 15.2 Å². The monoisotopic (exact) mass is 539 g/mol. The molecule has 0 atom stereocenters. The number of nitrogens with one attached hydrogen (secondary N) is 1. The number of carbonyl (C=O) groups is 2. The fourth-order valence-corrected chi connectivity index (χ4v) is 8.92. The summed E-state index contributed by atoms with van der Waals surface area (Å²) in [7, 11) is -7.85. The molecule has 0 aromatic heterocycles. The highest BCUT2D eigenvalue weighted by Crippen LogP contribution is 2.71. The molecule has 9 nitrogen and oxygen atoms in total. The smallest absolute Gasteiger partial charge is 0.322 e. The molecule has 0 fully saturated rings. The van der Waals surface area contributed by atoms with E-state index in [1.807, 2.05) is 6.07 Å². The van der Waals surface area contributed by atoms with E-state index >= 15 is 0 Å². The van der Waals surface area contributed by atoms with Crippen LogP contribution in [-0.4, -0.2) is 43.5 Å². The van der Waals surface area contributed by atoms with E-state index in [4.69, 9.17) is 18.1 Å². The van der Waals surface area contributed by atoms with E-state index in [2.05, 4.69) is 5.32 Å². The zero-order chi connectivity index (χ0) is 26.6.